The minimum absolute atomic E-state index is 0.0352. The van der Waals surface area contributed by atoms with Gasteiger partial charge in [-0.25, -0.2) is 0 Å². The number of carbonyl (C=O) groups is 1. The molecule has 1 amide bonds. The molecule has 2 heterocycles. The number of ether oxygens (including phenoxy) is 1. The Balaban J connectivity index is 1.54. The molecular weight excluding hydrogens is 380 g/mol. The van der Waals surface area contributed by atoms with Gasteiger partial charge in [-0.05, 0) is 68.2 Å². The Morgan fingerprint density at radius 2 is 1.87 bits per heavy atom. The molecule has 156 valence electrons. The fourth-order valence-electron chi connectivity index (χ4n) is 3.99. The van der Waals surface area contributed by atoms with Gasteiger partial charge in [0.1, 0.15) is 11.3 Å². The van der Waals surface area contributed by atoms with Crippen molar-refractivity contribution in [1.82, 2.24) is 10.2 Å². The molecule has 4 rings (SSSR count). The molecule has 0 unspecified atom stereocenters. The molecule has 0 aliphatic carbocycles. The zero-order valence-electron chi connectivity index (χ0n) is 17.3. The van der Waals surface area contributed by atoms with Crippen molar-refractivity contribution in [2.75, 3.05) is 26.7 Å². The highest BCUT2D eigenvalue weighted by molar-refractivity contribution is 5.93. The normalized spacial score (nSPS) is 15.3. The Bertz CT molecular complexity index is 1100. The lowest BCUT2D eigenvalue weighted by atomic mass is 10.1. The van der Waals surface area contributed by atoms with Gasteiger partial charge in [0.25, 0.3) is 5.91 Å². The highest BCUT2D eigenvalue weighted by atomic mass is 16.5. The van der Waals surface area contributed by atoms with E-state index in [1.807, 2.05) is 37.3 Å². The molecule has 3 aromatic rings. The number of nitrogens with one attached hydrogen (secondary N) is 1. The predicted octanol–water partition coefficient (Wildman–Crippen LogP) is 3.68. The molecular formula is C24H26N2O4. The first-order valence-corrected chi connectivity index (χ1v) is 10.3. The summed E-state index contributed by atoms with van der Waals surface area (Å²) in [6.45, 7) is 4.34. The van der Waals surface area contributed by atoms with Crippen molar-refractivity contribution in [1.29, 1.82) is 0 Å². The summed E-state index contributed by atoms with van der Waals surface area (Å²) in [6.07, 6.45) is 2.30. The van der Waals surface area contributed by atoms with Gasteiger partial charge in [-0.2, -0.15) is 0 Å². The van der Waals surface area contributed by atoms with Crippen LogP contribution in [0.3, 0.4) is 0 Å². The number of methoxy groups -OCH3 is 1. The second-order valence-corrected chi connectivity index (χ2v) is 7.72. The molecule has 0 spiro atoms. The number of likely N-dealkylation sites (tertiary alicyclic amines) is 1. The predicted molar refractivity (Wildman–Crippen MR) is 116 cm³/mol. The number of rotatable bonds is 6. The summed E-state index contributed by atoms with van der Waals surface area (Å²) in [5.41, 5.74) is 2.30. The van der Waals surface area contributed by atoms with E-state index in [0.29, 0.717) is 17.5 Å². The third-order valence-corrected chi connectivity index (χ3v) is 5.65. The molecule has 2 aromatic carbocycles. The first-order valence-electron chi connectivity index (χ1n) is 10.3. The molecule has 1 atom stereocenters. The number of aryl methyl sites for hydroxylation is 1. The summed E-state index contributed by atoms with van der Waals surface area (Å²) in [7, 11) is 1.64. The Morgan fingerprint density at radius 3 is 2.57 bits per heavy atom. The maximum absolute atomic E-state index is 12.8. The van der Waals surface area contributed by atoms with Gasteiger partial charge in [0, 0.05) is 12.6 Å². The topological polar surface area (TPSA) is 71.8 Å². The number of amides is 1. The van der Waals surface area contributed by atoms with Crippen molar-refractivity contribution in [3.8, 4) is 5.75 Å². The number of hydrogen-bond donors (Lipinski definition) is 1. The molecule has 6 heteroatoms. The van der Waals surface area contributed by atoms with Gasteiger partial charge in [-0.3, -0.25) is 14.5 Å². The monoisotopic (exact) mass is 406 g/mol. The minimum atomic E-state index is -0.381. The van der Waals surface area contributed by atoms with Crippen LogP contribution in [-0.4, -0.2) is 37.6 Å². The van der Waals surface area contributed by atoms with E-state index in [-0.39, 0.29) is 23.1 Å². The van der Waals surface area contributed by atoms with E-state index >= 15 is 0 Å². The number of carbonyl (C=O) groups excluding carboxylic acids is 1. The highest BCUT2D eigenvalue weighted by Gasteiger charge is 2.24. The third kappa shape index (κ3) is 4.24. The van der Waals surface area contributed by atoms with Crippen molar-refractivity contribution < 1.29 is 13.9 Å². The second-order valence-electron chi connectivity index (χ2n) is 7.72. The maximum atomic E-state index is 12.8. The molecule has 0 radical (unpaired) electrons. The fourth-order valence-corrected chi connectivity index (χ4v) is 3.99. The van der Waals surface area contributed by atoms with Crippen LogP contribution in [0.4, 0.5) is 0 Å². The van der Waals surface area contributed by atoms with Crippen LogP contribution < -0.4 is 15.5 Å². The first-order chi connectivity index (χ1) is 14.5. The van der Waals surface area contributed by atoms with Crippen molar-refractivity contribution in [3.63, 3.8) is 0 Å². The van der Waals surface area contributed by atoms with Crippen LogP contribution in [0.15, 0.2) is 57.7 Å². The fraction of sp³-hybridized carbons (Fsp3) is 0.333. The number of benzene rings is 2. The van der Waals surface area contributed by atoms with Crippen LogP contribution in [0.25, 0.3) is 11.0 Å². The first kappa shape index (κ1) is 20.2. The standard InChI is InChI=1S/C24H26N2O4/c1-16-5-10-19-21(27)14-23(30-22(19)13-16)24(28)25-15-20(26-11-3-4-12-26)17-6-8-18(29-2)9-7-17/h5-10,13-14,20H,3-4,11-12,15H2,1-2H3,(H,25,28)/t20-/m1/s1. The van der Waals surface area contributed by atoms with Crippen molar-refractivity contribution in [3.05, 3.63) is 75.6 Å². The van der Waals surface area contributed by atoms with Crippen molar-refractivity contribution in [2.45, 2.75) is 25.8 Å². The van der Waals surface area contributed by atoms with Gasteiger partial charge < -0.3 is 14.5 Å². The summed E-state index contributed by atoms with van der Waals surface area (Å²) in [6, 6.07) is 14.6. The molecule has 1 aromatic heterocycles. The van der Waals surface area contributed by atoms with Gasteiger partial charge in [0.2, 0.25) is 0 Å². The molecule has 0 saturated carbocycles. The molecule has 1 aliphatic rings. The van der Waals surface area contributed by atoms with Gasteiger partial charge in [0.15, 0.2) is 11.2 Å². The summed E-state index contributed by atoms with van der Waals surface area (Å²) < 4.78 is 11.0. The quantitative estimate of drug-likeness (QED) is 0.676. The SMILES string of the molecule is COc1ccc([C@@H](CNC(=O)c2cc(=O)c3ccc(C)cc3o2)N2CCCC2)cc1. The third-order valence-electron chi connectivity index (χ3n) is 5.65. The smallest absolute Gasteiger partial charge is 0.287 e. The summed E-state index contributed by atoms with van der Waals surface area (Å²) in [4.78, 5) is 27.6. The number of hydrogen-bond acceptors (Lipinski definition) is 5. The lowest BCUT2D eigenvalue weighted by Crippen LogP contribution is -2.37. The van der Waals surface area contributed by atoms with Gasteiger partial charge in [-0.1, -0.05) is 18.2 Å². The molecule has 1 N–H and O–H groups in total. The Hall–Kier alpha value is -3.12. The van der Waals surface area contributed by atoms with Gasteiger partial charge in [-0.15, -0.1) is 0 Å². The highest BCUT2D eigenvalue weighted by Crippen LogP contribution is 2.26. The van der Waals surface area contributed by atoms with Crippen molar-refractivity contribution in [2.24, 2.45) is 0 Å². The van der Waals surface area contributed by atoms with Crippen LogP contribution in [0.2, 0.25) is 0 Å². The molecule has 1 fully saturated rings. The Morgan fingerprint density at radius 1 is 1.13 bits per heavy atom. The Kier molecular flexibility index (Phi) is 5.86. The zero-order valence-corrected chi connectivity index (χ0v) is 17.3. The zero-order chi connectivity index (χ0) is 21.1. The Labute approximate surface area is 175 Å². The lowest BCUT2D eigenvalue weighted by molar-refractivity contribution is 0.0910. The molecule has 0 bridgehead atoms. The summed E-state index contributed by atoms with van der Waals surface area (Å²) in [5.74, 6) is 0.456. The number of fused-ring (bicyclic) bond motifs is 1. The molecule has 1 saturated heterocycles. The summed E-state index contributed by atoms with van der Waals surface area (Å²) >= 11 is 0. The second kappa shape index (κ2) is 8.71. The van der Waals surface area contributed by atoms with Crippen molar-refractivity contribution >= 4 is 16.9 Å². The molecule has 30 heavy (non-hydrogen) atoms. The van der Waals surface area contributed by atoms with E-state index in [2.05, 4.69) is 10.2 Å². The van der Waals surface area contributed by atoms with Crippen LogP contribution in [-0.2, 0) is 0 Å². The van der Waals surface area contributed by atoms with Crippen LogP contribution in [0.1, 0.15) is 40.6 Å². The number of nitrogens with zero attached hydrogens (tertiary/aromatic N) is 1. The van der Waals surface area contributed by atoms with E-state index in [1.165, 1.54) is 6.07 Å². The molecule has 1 aliphatic heterocycles. The van der Waals surface area contributed by atoms with Crippen LogP contribution in [0, 0.1) is 6.92 Å². The van der Waals surface area contributed by atoms with Crippen LogP contribution in [0.5, 0.6) is 5.75 Å². The van der Waals surface area contributed by atoms with Gasteiger partial charge >= 0.3 is 0 Å². The minimum Gasteiger partial charge on any atom is -0.497 e. The average molecular weight is 406 g/mol. The van der Waals surface area contributed by atoms with E-state index in [4.69, 9.17) is 9.15 Å². The van der Waals surface area contributed by atoms with Crippen LogP contribution >= 0.6 is 0 Å². The maximum Gasteiger partial charge on any atom is 0.287 e. The van der Waals surface area contributed by atoms with E-state index in [0.717, 1.165) is 42.8 Å². The van der Waals surface area contributed by atoms with Gasteiger partial charge in [0.05, 0.1) is 18.5 Å². The van der Waals surface area contributed by atoms with E-state index < -0.39 is 0 Å². The lowest BCUT2D eigenvalue weighted by Gasteiger charge is -2.28. The van der Waals surface area contributed by atoms with E-state index in [1.54, 1.807) is 19.2 Å². The largest absolute Gasteiger partial charge is 0.497 e. The molecule has 6 nitrogen and oxygen atoms in total. The van der Waals surface area contributed by atoms with E-state index in [9.17, 15) is 9.59 Å². The average Bonchev–Trinajstić information content (AvgIpc) is 3.28. The summed E-state index contributed by atoms with van der Waals surface area (Å²) in [5, 5.41) is 3.44.